The summed E-state index contributed by atoms with van der Waals surface area (Å²) in [5.41, 5.74) is 6.72. The van der Waals surface area contributed by atoms with E-state index in [2.05, 4.69) is 5.10 Å². The molecule has 1 fully saturated rings. The zero-order valence-electron chi connectivity index (χ0n) is 12.0. The summed E-state index contributed by atoms with van der Waals surface area (Å²) in [4.78, 5) is 13.7. The molecular weight excluding hydrogens is 244 g/mol. The van der Waals surface area contributed by atoms with Gasteiger partial charge in [-0.3, -0.25) is 4.68 Å². The van der Waals surface area contributed by atoms with Crippen LogP contribution in [0, 0.1) is 0 Å². The van der Waals surface area contributed by atoms with Crippen LogP contribution in [0.15, 0.2) is 12.4 Å². The number of hydrogen-bond acceptors (Lipinski definition) is 4. The van der Waals surface area contributed by atoms with Crippen molar-refractivity contribution in [2.75, 3.05) is 13.1 Å². The average Bonchev–Trinajstić information content (AvgIpc) is 2.82. The minimum absolute atomic E-state index is 0.0725. The van der Waals surface area contributed by atoms with Gasteiger partial charge in [-0.25, -0.2) is 4.79 Å². The Kier molecular flexibility index (Phi) is 3.54. The normalized spacial score (nSPS) is 23.7. The third-order valence-corrected chi connectivity index (χ3v) is 3.17. The SMILES string of the molecule is Cn1cc(C2CN(C(=O)OC(C)(C)C)CC2N)cn1. The summed E-state index contributed by atoms with van der Waals surface area (Å²) in [6.07, 6.45) is 3.46. The molecule has 0 aliphatic carbocycles. The second-order valence-corrected chi connectivity index (χ2v) is 6.10. The number of nitrogens with zero attached hydrogens (tertiary/aromatic N) is 3. The van der Waals surface area contributed by atoms with Crippen molar-refractivity contribution in [3.63, 3.8) is 0 Å². The summed E-state index contributed by atoms with van der Waals surface area (Å²) in [5.74, 6) is 0.126. The summed E-state index contributed by atoms with van der Waals surface area (Å²) in [6.45, 7) is 6.69. The van der Waals surface area contributed by atoms with E-state index in [1.807, 2.05) is 40.2 Å². The first-order valence-corrected chi connectivity index (χ1v) is 6.48. The van der Waals surface area contributed by atoms with Crippen LogP contribution in [0.5, 0.6) is 0 Å². The molecule has 1 aromatic heterocycles. The van der Waals surface area contributed by atoms with Gasteiger partial charge in [-0.05, 0) is 26.3 Å². The van der Waals surface area contributed by atoms with E-state index in [1.165, 1.54) is 0 Å². The predicted molar refractivity (Wildman–Crippen MR) is 71.7 cm³/mol. The molecule has 6 nitrogen and oxygen atoms in total. The highest BCUT2D eigenvalue weighted by molar-refractivity contribution is 5.69. The molecule has 6 heteroatoms. The van der Waals surface area contributed by atoms with Crippen LogP contribution in [0.4, 0.5) is 4.79 Å². The van der Waals surface area contributed by atoms with E-state index in [-0.39, 0.29) is 18.1 Å². The van der Waals surface area contributed by atoms with Gasteiger partial charge in [0.1, 0.15) is 5.60 Å². The van der Waals surface area contributed by atoms with Gasteiger partial charge in [0.25, 0.3) is 0 Å². The zero-order chi connectivity index (χ0) is 14.2. The van der Waals surface area contributed by atoms with Crippen molar-refractivity contribution in [2.24, 2.45) is 12.8 Å². The molecular formula is C13H22N4O2. The number of nitrogens with two attached hydrogens (primary N) is 1. The van der Waals surface area contributed by atoms with E-state index < -0.39 is 5.60 Å². The van der Waals surface area contributed by atoms with Gasteiger partial charge in [-0.15, -0.1) is 0 Å². The molecule has 0 radical (unpaired) electrons. The molecule has 1 aliphatic rings. The zero-order valence-corrected chi connectivity index (χ0v) is 12.0. The Labute approximate surface area is 113 Å². The van der Waals surface area contributed by atoms with Gasteiger partial charge in [0.15, 0.2) is 0 Å². The van der Waals surface area contributed by atoms with Crippen molar-refractivity contribution < 1.29 is 9.53 Å². The molecule has 0 saturated carbocycles. The van der Waals surface area contributed by atoms with E-state index in [0.717, 1.165) is 5.56 Å². The van der Waals surface area contributed by atoms with Crippen molar-refractivity contribution in [1.82, 2.24) is 14.7 Å². The van der Waals surface area contributed by atoms with Crippen LogP contribution < -0.4 is 5.73 Å². The molecule has 0 aromatic carbocycles. The Bertz CT molecular complexity index is 463. The molecule has 1 aromatic rings. The monoisotopic (exact) mass is 266 g/mol. The van der Waals surface area contributed by atoms with Crippen LogP contribution in [0.1, 0.15) is 32.3 Å². The van der Waals surface area contributed by atoms with Gasteiger partial charge in [0.2, 0.25) is 0 Å². The summed E-state index contributed by atoms with van der Waals surface area (Å²) in [7, 11) is 1.87. The topological polar surface area (TPSA) is 73.4 Å². The fourth-order valence-corrected chi connectivity index (χ4v) is 2.29. The highest BCUT2D eigenvalue weighted by atomic mass is 16.6. The van der Waals surface area contributed by atoms with Crippen molar-refractivity contribution >= 4 is 6.09 Å². The van der Waals surface area contributed by atoms with Crippen LogP contribution in [-0.2, 0) is 11.8 Å². The lowest BCUT2D eigenvalue weighted by Crippen LogP contribution is -2.36. The molecule has 1 amide bonds. The van der Waals surface area contributed by atoms with Gasteiger partial charge in [0.05, 0.1) is 6.20 Å². The van der Waals surface area contributed by atoms with Crippen LogP contribution in [-0.4, -0.2) is 45.5 Å². The molecule has 1 saturated heterocycles. The first-order valence-electron chi connectivity index (χ1n) is 6.48. The molecule has 1 aliphatic heterocycles. The van der Waals surface area contributed by atoms with E-state index in [0.29, 0.717) is 13.1 Å². The minimum atomic E-state index is -0.479. The first kappa shape index (κ1) is 13.9. The first-order chi connectivity index (χ1) is 8.76. The molecule has 0 spiro atoms. The molecule has 0 bridgehead atoms. The van der Waals surface area contributed by atoms with Gasteiger partial charge in [0, 0.05) is 38.3 Å². The summed E-state index contributed by atoms with van der Waals surface area (Å²) >= 11 is 0. The fraction of sp³-hybridized carbons (Fsp3) is 0.692. The van der Waals surface area contributed by atoms with Crippen LogP contribution in [0.3, 0.4) is 0 Å². The number of rotatable bonds is 1. The number of ether oxygens (including phenoxy) is 1. The Morgan fingerprint density at radius 3 is 2.68 bits per heavy atom. The number of carbonyl (C=O) groups is 1. The van der Waals surface area contributed by atoms with E-state index >= 15 is 0 Å². The number of amides is 1. The maximum Gasteiger partial charge on any atom is 0.410 e. The highest BCUT2D eigenvalue weighted by Crippen LogP contribution is 2.27. The quantitative estimate of drug-likeness (QED) is 0.825. The number of hydrogen-bond donors (Lipinski definition) is 1. The van der Waals surface area contributed by atoms with Crippen molar-refractivity contribution in [2.45, 2.75) is 38.3 Å². The van der Waals surface area contributed by atoms with Gasteiger partial charge < -0.3 is 15.4 Å². The van der Waals surface area contributed by atoms with Gasteiger partial charge in [-0.1, -0.05) is 0 Å². The highest BCUT2D eigenvalue weighted by Gasteiger charge is 2.36. The smallest absolute Gasteiger partial charge is 0.410 e. The number of likely N-dealkylation sites (tertiary alicyclic amines) is 1. The molecule has 2 unspecified atom stereocenters. The lowest BCUT2D eigenvalue weighted by Gasteiger charge is -2.24. The van der Waals surface area contributed by atoms with Crippen LogP contribution in [0.2, 0.25) is 0 Å². The number of aromatic nitrogens is 2. The molecule has 19 heavy (non-hydrogen) atoms. The maximum absolute atomic E-state index is 12.0. The second kappa shape index (κ2) is 4.85. The number of carbonyl (C=O) groups excluding carboxylic acids is 1. The van der Waals surface area contributed by atoms with Crippen LogP contribution >= 0.6 is 0 Å². The Morgan fingerprint density at radius 1 is 1.47 bits per heavy atom. The second-order valence-electron chi connectivity index (χ2n) is 6.10. The van der Waals surface area contributed by atoms with Crippen molar-refractivity contribution in [3.8, 4) is 0 Å². The lowest BCUT2D eigenvalue weighted by atomic mass is 9.98. The third-order valence-electron chi connectivity index (χ3n) is 3.17. The standard InChI is InChI=1S/C13H22N4O2/c1-13(2,3)19-12(18)17-7-10(11(14)8-17)9-5-15-16(4)6-9/h5-6,10-11H,7-8,14H2,1-4H3. The minimum Gasteiger partial charge on any atom is -0.444 e. The summed E-state index contributed by atoms with van der Waals surface area (Å²) < 4.78 is 7.12. The maximum atomic E-state index is 12.0. The van der Waals surface area contributed by atoms with E-state index in [9.17, 15) is 4.79 Å². The molecule has 2 heterocycles. The van der Waals surface area contributed by atoms with E-state index in [1.54, 1.807) is 9.58 Å². The Balaban J connectivity index is 2.03. The Hall–Kier alpha value is -1.56. The molecule has 2 atom stereocenters. The summed E-state index contributed by atoms with van der Waals surface area (Å²) in [6, 6.07) is -0.0725. The third kappa shape index (κ3) is 3.26. The van der Waals surface area contributed by atoms with Gasteiger partial charge >= 0.3 is 6.09 Å². The predicted octanol–water partition coefficient (Wildman–Crippen LogP) is 1.08. The average molecular weight is 266 g/mol. The number of aryl methyl sites for hydroxylation is 1. The van der Waals surface area contributed by atoms with Crippen molar-refractivity contribution in [1.29, 1.82) is 0 Å². The molecule has 106 valence electrons. The fourth-order valence-electron chi connectivity index (χ4n) is 2.29. The Morgan fingerprint density at radius 2 is 2.16 bits per heavy atom. The van der Waals surface area contributed by atoms with E-state index in [4.69, 9.17) is 10.5 Å². The molecule has 2 rings (SSSR count). The van der Waals surface area contributed by atoms with Crippen molar-refractivity contribution in [3.05, 3.63) is 18.0 Å². The largest absolute Gasteiger partial charge is 0.444 e. The van der Waals surface area contributed by atoms with Crippen LogP contribution in [0.25, 0.3) is 0 Å². The van der Waals surface area contributed by atoms with Gasteiger partial charge in [-0.2, -0.15) is 5.10 Å². The lowest BCUT2D eigenvalue weighted by molar-refractivity contribution is 0.0290. The summed E-state index contributed by atoms with van der Waals surface area (Å²) in [5, 5.41) is 4.15. The molecule has 2 N–H and O–H groups in total.